The molecule has 2 aromatic carbocycles. The van der Waals surface area contributed by atoms with Crippen LogP contribution in [-0.4, -0.2) is 59.6 Å². The van der Waals surface area contributed by atoms with Crippen molar-refractivity contribution >= 4 is 11.8 Å². The Hall–Kier alpha value is -3.10. The molecule has 2 amide bonds. The summed E-state index contributed by atoms with van der Waals surface area (Å²) in [6, 6.07) is 13.4. The van der Waals surface area contributed by atoms with Gasteiger partial charge in [-0.15, -0.1) is 0 Å². The fraction of sp³-hybridized carbons (Fsp3) is 0.533. The van der Waals surface area contributed by atoms with Gasteiger partial charge in [-0.05, 0) is 70.4 Å². The smallest absolute Gasteiger partial charge is 0.245 e. The maximum Gasteiger partial charge on any atom is 0.245 e. The van der Waals surface area contributed by atoms with Crippen LogP contribution in [0.5, 0.6) is 11.5 Å². The third-order valence-corrected chi connectivity index (χ3v) is 7.14. The summed E-state index contributed by atoms with van der Waals surface area (Å²) in [5.74, 6) is 0.893. The van der Waals surface area contributed by atoms with Gasteiger partial charge in [-0.25, -0.2) is 0 Å². The minimum atomic E-state index is -0.687. The first-order valence-corrected chi connectivity index (χ1v) is 13.5. The zero-order chi connectivity index (χ0) is 28.0. The molecule has 1 aliphatic heterocycles. The first kappa shape index (κ1) is 29.5. The van der Waals surface area contributed by atoms with Gasteiger partial charge in [0, 0.05) is 50.6 Å². The Labute approximate surface area is 227 Å². The van der Waals surface area contributed by atoms with Crippen LogP contribution in [0.1, 0.15) is 70.7 Å². The summed E-state index contributed by atoms with van der Waals surface area (Å²) in [5, 5.41) is 2.96. The van der Waals surface area contributed by atoms with E-state index in [-0.39, 0.29) is 31.1 Å². The highest BCUT2D eigenvalue weighted by atomic mass is 16.7. The average Bonchev–Trinajstić information content (AvgIpc) is 3.34. The normalized spacial score (nSPS) is 14.3. The zero-order valence-electron chi connectivity index (χ0n) is 23.9. The lowest BCUT2D eigenvalue weighted by atomic mass is 10.0. The third-order valence-electron chi connectivity index (χ3n) is 7.14. The molecule has 2 atom stereocenters. The second kappa shape index (κ2) is 13.1. The Balaban J connectivity index is 1.69. The van der Waals surface area contributed by atoms with E-state index >= 15 is 0 Å². The highest BCUT2D eigenvalue weighted by Gasteiger charge is 2.27. The monoisotopic (exact) mass is 524 g/mol. The molecule has 0 bridgehead atoms. The molecule has 8 nitrogen and oxygen atoms in total. The molecule has 0 fully saturated rings. The van der Waals surface area contributed by atoms with Crippen molar-refractivity contribution in [3.8, 4) is 11.5 Å². The standard InChI is InChI=1S/C30H44N4O4/c1-19(2)33(7)30(36)26(14-22-8-10-23(11-9-22)17-34(20(3)4)21(5)6)32-29(35)16-25(31)24-12-13-27-28(15-24)38-18-37-27/h8-13,15,19-21,25-26H,14,16-18,31H2,1-7H3,(H,32,35). The van der Waals surface area contributed by atoms with Gasteiger partial charge in [-0.3, -0.25) is 14.5 Å². The van der Waals surface area contributed by atoms with E-state index in [1.54, 1.807) is 24.1 Å². The number of nitrogens with one attached hydrogen (secondary N) is 1. The van der Waals surface area contributed by atoms with Crippen LogP contribution in [-0.2, 0) is 22.6 Å². The summed E-state index contributed by atoms with van der Waals surface area (Å²) in [6.07, 6.45) is 0.452. The minimum absolute atomic E-state index is 0.0122. The maximum absolute atomic E-state index is 13.3. The van der Waals surface area contributed by atoms with Gasteiger partial charge in [0.1, 0.15) is 6.04 Å². The molecule has 1 heterocycles. The van der Waals surface area contributed by atoms with E-state index in [2.05, 4.69) is 50.0 Å². The van der Waals surface area contributed by atoms with Crippen molar-refractivity contribution in [1.29, 1.82) is 0 Å². The van der Waals surface area contributed by atoms with Crippen molar-refractivity contribution in [2.45, 2.75) is 91.1 Å². The Bertz CT molecular complexity index is 1080. The minimum Gasteiger partial charge on any atom is -0.454 e. The Morgan fingerprint density at radius 1 is 0.895 bits per heavy atom. The number of likely N-dealkylation sites (N-methyl/N-ethyl adjacent to an activating group) is 1. The van der Waals surface area contributed by atoms with Crippen molar-refractivity contribution in [2.24, 2.45) is 5.73 Å². The van der Waals surface area contributed by atoms with Crippen molar-refractivity contribution in [1.82, 2.24) is 15.1 Å². The largest absolute Gasteiger partial charge is 0.454 e. The summed E-state index contributed by atoms with van der Waals surface area (Å²) in [5.41, 5.74) is 9.33. The number of nitrogens with two attached hydrogens (primary N) is 1. The van der Waals surface area contributed by atoms with Crippen LogP contribution >= 0.6 is 0 Å². The molecular formula is C30H44N4O4. The highest BCUT2D eigenvalue weighted by molar-refractivity contribution is 5.88. The van der Waals surface area contributed by atoms with E-state index in [1.165, 1.54) is 5.56 Å². The van der Waals surface area contributed by atoms with Crippen molar-refractivity contribution in [3.63, 3.8) is 0 Å². The molecule has 3 N–H and O–H groups in total. The van der Waals surface area contributed by atoms with Crippen LogP contribution in [0.3, 0.4) is 0 Å². The quantitative estimate of drug-likeness (QED) is 0.435. The molecule has 0 saturated carbocycles. The van der Waals surface area contributed by atoms with E-state index in [4.69, 9.17) is 15.2 Å². The van der Waals surface area contributed by atoms with E-state index < -0.39 is 12.1 Å². The van der Waals surface area contributed by atoms with Crippen LogP contribution in [0.4, 0.5) is 0 Å². The fourth-order valence-electron chi connectivity index (χ4n) is 4.60. The van der Waals surface area contributed by atoms with E-state index in [1.807, 2.05) is 32.0 Å². The Kier molecular flexibility index (Phi) is 10.2. The molecule has 0 aromatic heterocycles. The molecule has 2 unspecified atom stereocenters. The fourth-order valence-corrected chi connectivity index (χ4v) is 4.60. The predicted octanol–water partition coefficient (Wildman–Crippen LogP) is 4.02. The number of benzene rings is 2. The van der Waals surface area contributed by atoms with Gasteiger partial charge in [0.25, 0.3) is 0 Å². The number of hydrogen-bond acceptors (Lipinski definition) is 6. The van der Waals surface area contributed by atoms with Crippen LogP contribution in [0.2, 0.25) is 0 Å². The van der Waals surface area contributed by atoms with Crippen molar-refractivity contribution in [3.05, 3.63) is 59.2 Å². The van der Waals surface area contributed by atoms with Gasteiger partial charge in [-0.1, -0.05) is 30.3 Å². The lowest BCUT2D eigenvalue weighted by Gasteiger charge is -2.30. The van der Waals surface area contributed by atoms with Gasteiger partial charge in [-0.2, -0.15) is 0 Å². The van der Waals surface area contributed by atoms with Gasteiger partial charge in [0.05, 0.1) is 0 Å². The molecule has 2 aromatic rings. The summed E-state index contributed by atoms with van der Waals surface area (Å²) >= 11 is 0. The topological polar surface area (TPSA) is 97.1 Å². The van der Waals surface area contributed by atoms with Crippen molar-refractivity contribution < 1.29 is 19.1 Å². The molecule has 0 saturated heterocycles. The summed E-state index contributed by atoms with van der Waals surface area (Å²) < 4.78 is 10.8. The number of ether oxygens (including phenoxy) is 2. The van der Waals surface area contributed by atoms with Gasteiger partial charge in [0.2, 0.25) is 18.6 Å². The Morgan fingerprint density at radius 3 is 2.11 bits per heavy atom. The highest BCUT2D eigenvalue weighted by Crippen LogP contribution is 2.34. The van der Waals surface area contributed by atoms with Crippen molar-refractivity contribution in [2.75, 3.05) is 13.8 Å². The van der Waals surface area contributed by atoms with E-state index in [0.29, 0.717) is 30.0 Å². The second-order valence-electron chi connectivity index (χ2n) is 11.0. The average molecular weight is 525 g/mol. The molecule has 1 aliphatic rings. The summed E-state index contributed by atoms with van der Waals surface area (Å²) in [4.78, 5) is 30.5. The number of carbonyl (C=O) groups excluding carboxylic acids is 2. The SMILES string of the molecule is CC(C)N(C)C(=O)C(Cc1ccc(CN(C(C)C)C(C)C)cc1)NC(=O)CC(N)c1ccc2c(c1)OCO2. The van der Waals surface area contributed by atoms with E-state index in [0.717, 1.165) is 17.7 Å². The molecule has 208 valence electrons. The van der Waals surface area contributed by atoms with Crippen LogP contribution < -0.4 is 20.5 Å². The molecule has 8 heteroatoms. The number of nitrogens with zero attached hydrogens (tertiary/aromatic N) is 2. The number of amides is 2. The number of fused-ring (bicyclic) bond motifs is 1. The lowest BCUT2D eigenvalue weighted by molar-refractivity contribution is -0.136. The van der Waals surface area contributed by atoms with Gasteiger partial charge >= 0.3 is 0 Å². The van der Waals surface area contributed by atoms with Crippen LogP contribution in [0.25, 0.3) is 0 Å². The number of carbonyl (C=O) groups is 2. The Morgan fingerprint density at radius 2 is 1.50 bits per heavy atom. The zero-order valence-corrected chi connectivity index (χ0v) is 23.9. The molecule has 38 heavy (non-hydrogen) atoms. The van der Waals surface area contributed by atoms with Gasteiger partial charge < -0.3 is 25.4 Å². The maximum atomic E-state index is 13.3. The second-order valence-corrected chi connectivity index (χ2v) is 11.0. The summed E-state index contributed by atoms with van der Waals surface area (Å²) in [6.45, 7) is 13.8. The third kappa shape index (κ3) is 7.71. The predicted molar refractivity (Wildman–Crippen MR) is 150 cm³/mol. The summed E-state index contributed by atoms with van der Waals surface area (Å²) in [7, 11) is 1.76. The first-order valence-electron chi connectivity index (χ1n) is 13.5. The molecular weight excluding hydrogens is 480 g/mol. The lowest BCUT2D eigenvalue weighted by Crippen LogP contribution is -2.50. The van der Waals surface area contributed by atoms with Crippen LogP contribution in [0, 0.1) is 0 Å². The number of rotatable bonds is 12. The number of hydrogen-bond donors (Lipinski definition) is 2. The molecule has 3 rings (SSSR count). The van der Waals surface area contributed by atoms with Crippen LogP contribution in [0.15, 0.2) is 42.5 Å². The van der Waals surface area contributed by atoms with Gasteiger partial charge in [0.15, 0.2) is 11.5 Å². The first-order chi connectivity index (χ1) is 18.0. The molecule has 0 aliphatic carbocycles. The molecule has 0 radical (unpaired) electrons. The molecule has 0 spiro atoms. The van der Waals surface area contributed by atoms with E-state index in [9.17, 15) is 9.59 Å².